The summed E-state index contributed by atoms with van der Waals surface area (Å²) in [5.74, 6) is -0.800. The van der Waals surface area contributed by atoms with Gasteiger partial charge in [0.2, 0.25) is 6.29 Å². The molecular weight excluding hydrogens is 268 g/mol. The molecule has 0 amide bonds. The van der Waals surface area contributed by atoms with Crippen LogP contribution >= 0.6 is 0 Å². The molecule has 0 radical (unpaired) electrons. The maximum absolute atomic E-state index is 11.9. The van der Waals surface area contributed by atoms with E-state index in [9.17, 15) is 13.2 Å². The third kappa shape index (κ3) is 3.54. The molecule has 1 aromatic carbocycles. The van der Waals surface area contributed by atoms with E-state index in [1.54, 1.807) is 19.1 Å². The molecule has 2 bridgehead atoms. The standard InChI is InChI=1S/C12H14O5S.CH4/c1-8-6-10-4-3-5-11(7-10)18(14,15)17-12(8)16-9(2)13;/h3-5,7-8,12H,6H2,1-2H3;1H4/t8?,12-;/m1./s1. The molecule has 1 aromatic rings. The highest BCUT2D eigenvalue weighted by molar-refractivity contribution is 7.86. The molecule has 0 saturated carbocycles. The molecule has 0 saturated heterocycles. The number of carbonyl (C=O) groups is 1. The Hall–Kier alpha value is -1.40. The van der Waals surface area contributed by atoms with Gasteiger partial charge in [0.15, 0.2) is 0 Å². The Kier molecular flexibility index (Phi) is 4.70. The maximum atomic E-state index is 11.9. The Labute approximate surface area is 113 Å². The van der Waals surface area contributed by atoms with Crippen molar-refractivity contribution in [2.45, 2.75) is 38.9 Å². The highest BCUT2D eigenvalue weighted by Gasteiger charge is 2.31. The summed E-state index contributed by atoms with van der Waals surface area (Å²) in [6, 6.07) is 6.55. The van der Waals surface area contributed by atoms with E-state index in [2.05, 4.69) is 0 Å². The van der Waals surface area contributed by atoms with Crippen molar-refractivity contribution >= 4 is 16.1 Å². The molecule has 0 aliphatic carbocycles. The van der Waals surface area contributed by atoms with E-state index in [1.165, 1.54) is 13.0 Å². The van der Waals surface area contributed by atoms with Crippen molar-refractivity contribution < 1.29 is 22.1 Å². The normalized spacial score (nSPS) is 24.5. The summed E-state index contributed by atoms with van der Waals surface area (Å²) in [4.78, 5) is 11.1. The molecular formula is C13H18O5S. The maximum Gasteiger partial charge on any atom is 0.304 e. The van der Waals surface area contributed by atoms with Crippen LogP contribution < -0.4 is 0 Å². The minimum absolute atomic E-state index is 0. The first-order valence-electron chi connectivity index (χ1n) is 5.58. The number of fused-ring (bicyclic) bond motifs is 2. The third-order valence-corrected chi connectivity index (χ3v) is 3.99. The molecule has 106 valence electrons. The topological polar surface area (TPSA) is 69.7 Å². The molecule has 19 heavy (non-hydrogen) atoms. The van der Waals surface area contributed by atoms with Crippen LogP contribution in [0.25, 0.3) is 0 Å². The van der Waals surface area contributed by atoms with Gasteiger partial charge < -0.3 is 4.74 Å². The number of rotatable bonds is 1. The fraction of sp³-hybridized carbons (Fsp3) is 0.462. The van der Waals surface area contributed by atoms with Gasteiger partial charge in [0.25, 0.3) is 10.1 Å². The lowest BCUT2D eigenvalue weighted by atomic mass is 10.0. The summed E-state index contributed by atoms with van der Waals surface area (Å²) in [7, 11) is -3.89. The van der Waals surface area contributed by atoms with Crippen LogP contribution in [-0.2, 0) is 30.3 Å². The molecule has 1 aliphatic heterocycles. The summed E-state index contributed by atoms with van der Waals surface area (Å²) >= 11 is 0. The Morgan fingerprint density at radius 2 is 2.11 bits per heavy atom. The first-order valence-corrected chi connectivity index (χ1v) is 6.99. The van der Waals surface area contributed by atoms with Gasteiger partial charge in [0.1, 0.15) is 0 Å². The summed E-state index contributed by atoms with van der Waals surface area (Å²) in [6.45, 7) is 3.00. The molecule has 1 heterocycles. The van der Waals surface area contributed by atoms with E-state index in [1.807, 2.05) is 6.07 Å². The van der Waals surface area contributed by atoms with E-state index in [0.717, 1.165) is 5.56 Å². The van der Waals surface area contributed by atoms with Crippen LogP contribution in [0, 0.1) is 5.92 Å². The number of carbonyl (C=O) groups excluding carboxylic acids is 1. The van der Waals surface area contributed by atoms with Crippen LogP contribution in [0.5, 0.6) is 0 Å². The Morgan fingerprint density at radius 3 is 2.74 bits per heavy atom. The zero-order valence-corrected chi connectivity index (χ0v) is 10.9. The summed E-state index contributed by atoms with van der Waals surface area (Å²) in [5.41, 5.74) is 0.879. The lowest BCUT2D eigenvalue weighted by Gasteiger charge is -2.25. The summed E-state index contributed by atoms with van der Waals surface area (Å²) in [6.07, 6.45) is -0.493. The molecule has 2 rings (SSSR count). The van der Waals surface area contributed by atoms with Gasteiger partial charge in [-0.3, -0.25) is 4.79 Å². The highest BCUT2D eigenvalue weighted by atomic mass is 32.2. The van der Waals surface area contributed by atoms with Crippen molar-refractivity contribution in [2.75, 3.05) is 0 Å². The Morgan fingerprint density at radius 1 is 1.42 bits per heavy atom. The van der Waals surface area contributed by atoms with Crippen LogP contribution in [-0.4, -0.2) is 20.7 Å². The molecule has 1 unspecified atom stereocenters. The minimum Gasteiger partial charge on any atom is -0.434 e. The van der Waals surface area contributed by atoms with E-state index < -0.39 is 22.4 Å². The van der Waals surface area contributed by atoms with Gasteiger partial charge in [-0.25, -0.2) is 4.18 Å². The van der Waals surface area contributed by atoms with Crippen molar-refractivity contribution in [3.63, 3.8) is 0 Å². The average molecular weight is 286 g/mol. The molecule has 0 N–H and O–H groups in total. The lowest BCUT2D eigenvalue weighted by molar-refractivity contribution is -0.167. The molecule has 2 atom stereocenters. The van der Waals surface area contributed by atoms with E-state index in [0.29, 0.717) is 6.42 Å². The third-order valence-electron chi connectivity index (χ3n) is 2.71. The Balaban J connectivity index is 0.00000180. The first kappa shape index (κ1) is 15.7. The van der Waals surface area contributed by atoms with Gasteiger partial charge in [0, 0.05) is 12.8 Å². The van der Waals surface area contributed by atoms with Crippen molar-refractivity contribution in [3.05, 3.63) is 29.8 Å². The number of benzene rings is 1. The smallest absolute Gasteiger partial charge is 0.304 e. The second-order valence-corrected chi connectivity index (χ2v) is 5.93. The predicted octanol–water partition coefficient (Wildman–Crippen LogP) is 2.11. The zero-order chi connectivity index (χ0) is 13.3. The van der Waals surface area contributed by atoms with Crippen LogP contribution in [0.3, 0.4) is 0 Å². The van der Waals surface area contributed by atoms with Crippen LogP contribution in [0.15, 0.2) is 29.2 Å². The fourth-order valence-electron chi connectivity index (χ4n) is 1.87. The van der Waals surface area contributed by atoms with Crippen LogP contribution in [0.4, 0.5) is 0 Å². The van der Waals surface area contributed by atoms with Crippen molar-refractivity contribution in [2.24, 2.45) is 5.92 Å². The quantitative estimate of drug-likeness (QED) is 0.584. The molecule has 1 aliphatic rings. The SMILES string of the molecule is C.CC(=O)O[C@@H]1OS(=O)(=O)c2cccc(c2)CC1C. The monoisotopic (exact) mass is 286 g/mol. The second-order valence-electron chi connectivity index (χ2n) is 4.36. The van der Waals surface area contributed by atoms with Crippen LogP contribution in [0.1, 0.15) is 26.8 Å². The van der Waals surface area contributed by atoms with Crippen molar-refractivity contribution in [1.82, 2.24) is 0 Å². The van der Waals surface area contributed by atoms with Gasteiger partial charge in [-0.15, -0.1) is 0 Å². The summed E-state index contributed by atoms with van der Waals surface area (Å²) < 4.78 is 33.8. The van der Waals surface area contributed by atoms with E-state index in [4.69, 9.17) is 8.92 Å². The lowest BCUT2D eigenvalue weighted by Crippen LogP contribution is -2.32. The predicted molar refractivity (Wildman–Crippen MR) is 69.9 cm³/mol. The van der Waals surface area contributed by atoms with Crippen molar-refractivity contribution in [1.29, 1.82) is 0 Å². The van der Waals surface area contributed by atoms with Gasteiger partial charge in [-0.05, 0) is 24.1 Å². The van der Waals surface area contributed by atoms with Gasteiger partial charge >= 0.3 is 5.97 Å². The molecule has 5 nitrogen and oxygen atoms in total. The minimum atomic E-state index is -3.89. The van der Waals surface area contributed by atoms with Crippen LogP contribution in [0.2, 0.25) is 0 Å². The average Bonchev–Trinajstić information content (AvgIpc) is 2.26. The molecule has 6 heteroatoms. The van der Waals surface area contributed by atoms with E-state index >= 15 is 0 Å². The fourth-order valence-corrected chi connectivity index (χ4v) is 3.00. The second kappa shape index (κ2) is 5.71. The van der Waals surface area contributed by atoms with Crippen molar-refractivity contribution in [3.8, 4) is 0 Å². The first-order chi connectivity index (χ1) is 8.38. The number of ether oxygens (including phenoxy) is 1. The van der Waals surface area contributed by atoms with E-state index in [-0.39, 0.29) is 18.2 Å². The molecule has 0 aromatic heterocycles. The molecule has 0 spiro atoms. The van der Waals surface area contributed by atoms with Gasteiger partial charge in [-0.2, -0.15) is 8.42 Å². The summed E-state index contributed by atoms with van der Waals surface area (Å²) in [5, 5.41) is 0. The molecule has 0 fully saturated rings. The largest absolute Gasteiger partial charge is 0.434 e. The van der Waals surface area contributed by atoms with Gasteiger partial charge in [-0.1, -0.05) is 26.5 Å². The number of hydrogen-bond donors (Lipinski definition) is 0. The Bertz CT molecular complexity index is 564. The van der Waals surface area contributed by atoms with Gasteiger partial charge in [0.05, 0.1) is 4.90 Å². The highest BCUT2D eigenvalue weighted by Crippen LogP contribution is 2.26. The zero-order valence-electron chi connectivity index (χ0n) is 10.1. The number of hydrogen-bond acceptors (Lipinski definition) is 5. The number of esters is 1.